The summed E-state index contributed by atoms with van der Waals surface area (Å²) >= 11 is 5.99. The number of aliphatic hydroxyl groups excluding tert-OH is 1. The van der Waals surface area contributed by atoms with E-state index in [0.29, 0.717) is 5.56 Å². The number of nitrogens with zero attached hydrogens (tertiary/aromatic N) is 2. The van der Waals surface area contributed by atoms with Gasteiger partial charge in [0, 0.05) is 11.6 Å². The van der Waals surface area contributed by atoms with Gasteiger partial charge in [-0.1, -0.05) is 23.7 Å². The van der Waals surface area contributed by atoms with Crippen LogP contribution in [0.4, 0.5) is 5.69 Å². The fourth-order valence-electron chi connectivity index (χ4n) is 1.72. The molecule has 2 aromatic carbocycles. The van der Waals surface area contributed by atoms with Crippen molar-refractivity contribution < 1.29 is 14.8 Å². The van der Waals surface area contributed by atoms with Crippen molar-refractivity contribution in [1.82, 2.24) is 0 Å². The Labute approximate surface area is 124 Å². The van der Waals surface area contributed by atoms with Crippen LogP contribution in [0.2, 0.25) is 5.02 Å². The highest BCUT2D eigenvalue weighted by atomic mass is 35.5. The van der Waals surface area contributed by atoms with Gasteiger partial charge in [0.25, 0.3) is 0 Å². The molecule has 0 spiro atoms. The molecule has 7 heteroatoms. The second-order valence-electron chi connectivity index (χ2n) is 4.04. The van der Waals surface area contributed by atoms with Gasteiger partial charge >= 0.3 is 5.69 Å². The van der Waals surface area contributed by atoms with E-state index in [0.717, 1.165) is 6.07 Å². The van der Waals surface area contributed by atoms with Crippen LogP contribution in [0.5, 0.6) is 11.5 Å². The molecule has 0 unspecified atom stereocenters. The number of ether oxygens (including phenoxy) is 1. The molecule has 0 aromatic heterocycles. The number of nitriles is 1. The molecule has 0 heterocycles. The van der Waals surface area contributed by atoms with Gasteiger partial charge in [0.05, 0.1) is 28.2 Å². The van der Waals surface area contributed by atoms with Gasteiger partial charge in [-0.05, 0) is 18.2 Å². The van der Waals surface area contributed by atoms with Crippen molar-refractivity contribution in [1.29, 1.82) is 5.26 Å². The summed E-state index contributed by atoms with van der Waals surface area (Å²) in [6, 6.07) is 10.4. The maximum atomic E-state index is 11.1. The lowest BCUT2D eigenvalue weighted by molar-refractivity contribution is -0.385. The molecule has 0 aliphatic heterocycles. The zero-order chi connectivity index (χ0) is 15.4. The van der Waals surface area contributed by atoms with E-state index in [1.54, 1.807) is 18.2 Å². The van der Waals surface area contributed by atoms with Gasteiger partial charge in [-0.15, -0.1) is 0 Å². The van der Waals surface area contributed by atoms with Crippen LogP contribution in [0.15, 0.2) is 36.4 Å². The van der Waals surface area contributed by atoms with Crippen LogP contribution >= 0.6 is 11.6 Å². The molecule has 0 saturated carbocycles. The fraction of sp³-hybridized carbons (Fsp3) is 0.0714. The standard InChI is InChI=1S/C14H9ClN2O4/c15-11-3-1-2-10(8-18)14(11)21-13-5-4-9(7-16)6-12(13)17(19)20/h1-6,18H,8H2. The second kappa shape index (κ2) is 6.22. The quantitative estimate of drug-likeness (QED) is 0.689. The summed E-state index contributed by atoms with van der Waals surface area (Å²) in [6.07, 6.45) is 0. The van der Waals surface area contributed by atoms with Crippen molar-refractivity contribution in [2.75, 3.05) is 0 Å². The Morgan fingerprint density at radius 2 is 2.14 bits per heavy atom. The van der Waals surface area contributed by atoms with Crippen molar-refractivity contribution in [3.63, 3.8) is 0 Å². The minimum Gasteiger partial charge on any atom is -0.448 e. The minimum absolute atomic E-state index is 0.0539. The lowest BCUT2D eigenvalue weighted by Gasteiger charge is -2.11. The highest BCUT2D eigenvalue weighted by Crippen LogP contribution is 2.37. The van der Waals surface area contributed by atoms with E-state index in [1.165, 1.54) is 12.1 Å². The first kappa shape index (κ1) is 14.8. The Balaban J connectivity index is 2.50. The van der Waals surface area contributed by atoms with Crippen LogP contribution in [0.1, 0.15) is 11.1 Å². The highest BCUT2D eigenvalue weighted by molar-refractivity contribution is 6.32. The summed E-state index contributed by atoms with van der Waals surface area (Å²) in [5.41, 5.74) is 0.203. The number of hydrogen-bond donors (Lipinski definition) is 1. The zero-order valence-electron chi connectivity index (χ0n) is 10.6. The van der Waals surface area contributed by atoms with Crippen LogP contribution in [0.3, 0.4) is 0 Å². The van der Waals surface area contributed by atoms with Crippen LogP contribution in [0.25, 0.3) is 0 Å². The molecule has 0 saturated heterocycles. The molecule has 0 aliphatic carbocycles. The maximum absolute atomic E-state index is 11.1. The van der Waals surface area contributed by atoms with Gasteiger partial charge in [-0.3, -0.25) is 10.1 Å². The molecule has 0 amide bonds. The van der Waals surface area contributed by atoms with Crippen molar-refractivity contribution in [3.05, 3.63) is 62.7 Å². The molecule has 6 nitrogen and oxygen atoms in total. The van der Waals surface area contributed by atoms with Crippen LogP contribution < -0.4 is 4.74 Å². The van der Waals surface area contributed by atoms with Crippen LogP contribution in [0, 0.1) is 21.4 Å². The summed E-state index contributed by atoms with van der Waals surface area (Å²) < 4.78 is 5.48. The lowest BCUT2D eigenvalue weighted by atomic mass is 10.2. The molecule has 0 radical (unpaired) electrons. The smallest absolute Gasteiger partial charge is 0.312 e. The molecule has 2 aromatic rings. The molecule has 0 aliphatic rings. The number of hydrogen-bond acceptors (Lipinski definition) is 5. The van der Waals surface area contributed by atoms with Gasteiger partial charge in [-0.2, -0.15) is 5.26 Å². The Morgan fingerprint density at radius 1 is 1.38 bits per heavy atom. The summed E-state index contributed by atoms with van der Waals surface area (Å²) in [5, 5.41) is 29.3. The average molecular weight is 305 g/mol. The number of halogens is 1. The molecule has 0 bridgehead atoms. The molecule has 106 valence electrons. The Bertz CT molecular complexity index is 740. The third-order valence-corrected chi connectivity index (χ3v) is 3.01. The van der Waals surface area contributed by atoms with Crippen molar-refractivity contribution in [3.8, 4) is 17.6 Å². The van der Waals surface area contributed by atoms with Gasteiger partial charge < -0.3 is 9.84 Å². The number of rotatable bonds is 4. The lowest BCUT2D eigenvalue weighted by Crippen LogP contribution is -1.97. The summed E-state index contributed by atoms with van der Waals surface area (Å²) in [7, 11) is 0. The second-order valence-corrected chi connectivity index (χ2v) is 4.45. The van der Waals surface area contributed by atoms with E-state index < -0.39 is 4.92 Å². The first-order chi connectivity index (χ1) is 10.1. The number of aliphatic hydroxyl groups is 1. The maximum Gasteiger partial charge on any atom is 0.312 e. The zero-order valence-corrected chi connectivity index (χ0v) is 11.4. The van der Waals surface area contributed by atoms with E-state index in [4.69, 9.17) is 21.6 Å². The predicted molar refractivity (Wildman–Crippen MR) is 75.3 cm³/mol. The van der Waals surface area contributed by atoms with E-state index in [9.17, 15) is 15.2 Å². The molecule has 21 heavy (non-hydrogen) atoms. The van der Waals surface area contributed by atoms with Crippen molar-refractivity contribution in [2.45, 2.75) is 6.61 Å². The molecule has 2 rings (SSSR count). The SMILES string of the molecule is N#Cc1ccc(Oc2c(Cl)cccc2CO)c([N+](=O)[O-])c1. The normalized spacial score (nSPS) is 9.95. The van der Waals surface area contributed by atoms with Gasteiger partial charge in [0.15, 0.2) is 5.75 Å². The van der Waals surface area contributed by atoms with Crippen LogP contribution in [-0.2, 0) is 6.61 Å². The minimum atomic E-state index is -0.647. The third kappa shape index (κ3) is 3.11. The first-order valence-electron chi connectivity index (χ1n) is 5.81. The molecular weight excluding hydrogens is 296 g/mol. The topological polar surface area (TPSA) is 96.4 Å². The Hall–Kier alpha value is -2.62. The molecule has 0 atom stereocenters. The number of nitro groups is 1. The average Bonchev–Trinajstić information content (AvgIpc) is 2.49. The summed E-state index contributed by atoms with van der Waals surface area (Å²) in [5.74, 6) is 0.0938. The number of para-hydroxylation sites is 1. The van der Waals surface area contributed by atoms with Crippen molar-refractivity contribution in [2.24, 2.45) is 0 Å². The van der Waals surface area contributed by atoms with Gasteiger partial charge in [0.1, 0.15) is 0 Å². The molecule has 0 fully saturated rings. The van der Waals surface area contributed by atoms with Gasteiger partial charge in [-0.25, -0.2) is 0 Å². The highest BCUT2D eigenvalue weighted by Gasteiger charge is 2.19. The van der Waals surface area contributed by atoms with E-state index in [2.05, 4.69) is 0 Å². The largest absolute Gasteiger partial charge is 0.448 e. The fourth-order valence-corrected chi connectivity index (χ4v) is 1.95. The Morgan fingerprint density at radius 3 is 2.76 bits per heavy atom. The molecular formula is C14H9ClN2O4. The van der Waals surface area contributed by atoms with E-state index in [-0.39, 0.29) is 34.4 Å². The summed E-state index contributed by atoms with van der Waals surface area (Å²) in [4.78, 5) is 10.4. The Kier molecular flexibility index (Phi) is 4.38. The number of nitro benzene ring substituents is 1. The van der Waals surface area contributed by atoms with E-state index in [1.807, 2.05) is 6.07 Å². The third-order valence-electron chi connectivity index (χ3n) is 2.72. The van der Waals surface area contributed by atoms with Gasteiger partial charge in [0.2, 0.25) is 5.75 Å². The van der Waals surface area contributed by atoms with Crippen LogP contribution in [-0.4, -0.2) is 10.0 Å². The number of benzene rings is 2. The van der Waals surface area contributed by atoms with E-state index >= 15 is 0 Å². The monoisotopic (exact) mass is 304 g/mol. The first-order valence-corrected chi connectivity index (χ1v) is 6.19. The van der Waals surface area contributed by atoms with Crippen molar-refractivity contribution >= 4 is 17.3 Å². The predicted octanol–water partition coefficient (Wildman–Crippen LogP) is 3.40. The molecule has 1 N–H and O–H groups in total. The summed E-state index contributed by atoms with van der Waals surface area (Å²) in [6.45, 7) is -0.319.